The van der Waals surface area contributed by atoms with Crippen molar-refractivity contribution in [3.05, 3.63) is 54.5 Å². The molecule has 0 aliphatic carbocycles. The summed E-state index contributed by atoms with van der Waals surface area (Å²) in [7, 11) is 0. The normalized spacial score (nSPS) is 10.7. The molecule has 0 aliphatic heterocycles. The van der Waals surface area contributed by atoms with E-state index >= 15 is 0 Å². The van der Waals surface area contributed by atoms with Crippen LogP contribution < -0.4 is 0 Å². The molecule has 0 unspecified atom stereocenters. The summed E-state index contributed by atoms with van der Waals surface area (Å²) in [5.41, 5.74) is 0.768. The maximum Gasteiger partial charge on any atom is 0.355 e. The third-order valence-corrected chi connectivity index (χ3v) is 3.47. The number of fused-ring (bicyclic) bond motifs is 1. The average molecular weight is 271 g/mol. The highest BCUT2D eigenvalue weighted by atomic mass is 32.2. The molecule has 5 nitrogen and oxygen atoms in total. The number of hydrogen-bond donors (Lipinski definition) is 1. The maximum absolute atomic E-state index is 11.4. The number of imidazole rings is 1. The van der Waals surface area contributed by atoms with Gasteiger partial charge in [-0.1, -0.05) is 12.1 Å². The molecule has 3 aromatic rings. The molecule has 0 bridgehead atoms. The molecule has 3 aromatic heterocycles. The van der Waals surface area contributed by atoms with Crippen LogP contribution in [0, 0.1) is 0 Å². The van der Waals surface area contributed by atoms with E-state index in [1.54, 1.807) is 28.9 Å². The summed E-state index contributed by atoms with van der Waals surface area (Å²) in [6.07, 6.45) is 3.35. The van der Waals surface area contributed by atoms with E-state index in [1.165, 1.54) is 11.8 Å². The van der Waals surface area contributed by atoms with Crippen molar-refractivity contribution in [1.82, 2.24) is 14.4 Å². The van der Waals surface area contributed by atoms with Gasteiger partial charge in [0.2, 0.25) is 0 Å². The van der Waals surface area contributed by atoms with Gasteiger partial charge in [0.25, 0.3) is 0 Å². The highest BCUT2D eigenvalue weighted by Gasteiger charge is 2.19. The predicted molar refractivity (Wildman–Crippen MR) is 70.5 cm³/mol. The van der Waals surface area contributed by atoms with Crippen molar-refractivity contribution in [2.24, 2.45) is 0 Å². The molecule has 3 heterocycles. The number of carboxylic acid groups (broad SMARTS) is 1. The fraction of sp³-hybridized carbons (Fsp3) is 0. The number of pyridine rings is 2. The Morgan fingerprint density at radius 1 is 1.21 bits per heavy atom. The van der Waals surface area contributed by atoms with Crippen molar-refractivity contribution >= 4 is 23.4 Å². The van der Waals surface area contributed by atoms with Gasteiger partial charge in [0.05, 0.1) is 0 Å². The summed E-state index contributed by atoms with van der Waals surface area (Å²) in [4.78, 5) is 19.9. The first kappa shape index (κ1) is 11.7. The van der Waals surface area contributed by atoms with E-state index in [0.29, 0.717) is 15.7 Å². The van der Waals surface area contributed by atoms with Crippen LogP contribution in [-0.4, -0.2) is 25.4 Å². The highest BCUT2D eigenvalue weighted by molar-refractivity contribution is 7.99. The van der Waals surface area contributed by atoms with Gasteiger partial charge >= 0.3 is 5.97 Å². The van der Waals surface area contributed by atoms with Crippen molar-refractivity contribution in [1.29, 1.82) is 0 Å². The molecule has 19 heavy (non-hydrogen) atoms. The monoisotopic (exact) mass is 271 g/mol. The summed E-state index contributed by atoms with van der Waals surface area (Å²) < 4.78 is 1.56. The molecule has 0 spiro atoms. The molecule has 0 aliphatic rings. The van der Waals surface area contributed by atoms with E-state index in [4.69, 9.17) is 0 Å². The zero-order valence-corrected chi connectivity index (χ0v) is 10.5. The predicted octanol–water partition coefficient (Wildman–Crippen LogP) is 2.58. The summed E-state index contributed by atoms with van der Waals surface area (Å²) in [5.74, 6) is -1.00. The standard InChI is InChI=1S/C13H9N3O2S/c17-13(18)11-12(19-10-6-1-3-7-14-10)15-9-5-2-4-8-16(9)11/h1-8H,(H,17,18). The first-order valence-corrected chi connectivity index (χ1v) is 6.36. The highest BCUT2D eigenvalue weighted by Crippen LogP contribution is 2.28. The SMILES string of the molecule is O=C(O)c1c(Sc2ccccn2)nc2ccccn12. The Morgan fingerprint density at radius 2 is 2.05 bits per heavy atom. The van der Waals surface area contributed by atoms with E-state index in [1.807, 2.05) is 24.3 Å². The number of carboxylic acids is 1. The van der Waals surface area contributed by atoms with Crippen LogP contribution >= 0.6 is 11.8 Å². The second kappa shape index (κ2) is 4.74. The lowest BCUT2D eigenvalue weighted by atomic mass is 10.4. The minimum absolute atomic E-state index is 0.159. The van der Waals surface area contributed by atoms with E-state index in [9.17, 15) is 9.90 Å². The van der Waals surface area contributed by atoms with Gasteiger partial charge < -0.3 is 5.11 Å². The Kier molecular flexibility index (Phi) is 2.92. The van der Waals surface area contributed by atoms with Crippen molar-refractivity contribution in [2.45, 2.75) is 10.1 Å². The Hall–Kier alpha value is -2.34. The molecular weight excluding hydrogens is 262 g/mol. The molecule has 0 amide bonds. The van der Waals surface area contributed by atoms with E-state index < -0.39 is 5.97 Å². The molecule has 0 radical (unpaired) electrons. The molecule has 0 aromatic carbocycles. The molecule has 6 heteroatoms. The van der Waals surface area contributed by atoms with E-state index in [-0.39, 0.29) is 5.69 Å². The van der Waals surface area contributed by atoms with Crippen LogP contribution in [0.15, 0.2) is 58.8 Å². The molecule has 0 saturated heterocycles. The van der Waals surface area contributed by atoms with Crippen LogP contribution in [0.3, 0.4) is 0 Å². The van der Waals surface area contributed by atoms with Crippen LogP contribution in [0.1, 0.15) is 10.5 Å². The number of nitrogens with zero attached hydrogens (tertiary/aromatic N) is 3. The molecule has 0 atom stereocenters. The second-order valence-corrected chi connectivity index (χ2v) is 4.78. The fourth-order valence-electron chi connectivity index (χ4n) is 1.75. The molecule has 0 saturated carbocycles. The lowest BCUT2D eigenvalue weighted by molar-refractivity contribution is 0.0685. The fourth-order valence-corrected chi connectivity index (χ4v) is 2.63. The number of carbonyl (C=O) groups is 1. The topological polar surface area (TPSA) is 67.5 Å². The number of aromatic carboxylic acids is 1. The van der Waals surface area contributed by atoms with Crippen molar-refractivity contribution in [2.75, 3.05) is 0 Å². The molecular formula is C13H9N3O2S. The van der Waals surface area contributed by atoms with Gasteiger partial charge in [-0.05, 0) is 36.0 Å². The molecule has 94 valence electrons. The van der Waals surface area contributed by atoms with Crippen LogP contribution in [0.2, 0.25) is 0 Å². The van der Waals surface area contributed by atoms with E-state index in [0.717, 1.165) is 0 Å². The summed E-state index contributed by atoms with van der Waals surface area (Å²) in [6.45, 7) is 0. The Bertz CT molecular complexity index is 740. The minimum Gasteiger partial charge on any atom is -0.476 e. The third-order valence-electron chi connectivity index (χ3n) is 2.54. The minimum atomic E-state index is -1.00. The van der Waals surface area contributed by atoms with Crippen molar-refractivity contribution in [3.8, 4) is 0 Å². The van der Waals surface area contributed by atoms with Gasteiger partial charge in [-0.3, -0.25) is 4.40 Å². The zero-order chi connectivity index (χ0) is 13.2. The van der Waals surface area contributed by atoms with Crippen LogP contribution in [0.5, 0.6) is 0 Å². The van der Waals surface area contributed by atoms with Crippen LogP contribution in [0.4, 0.5) is 0 Å². The Labute approximate surface area is 112 Å². The van der Waals surface area contributed by atoms with Gasteiger partial charge in [0.1, 0.15) is 15.7 Å². The third kappa shape index (κ3) is 2.17. The molecule has 1 N–H and O–H groups in total. The smallest absolute Gasteiger partial charge is 0.355 e. The van der Waals surface area contributed by atoms with Gasteiger partial charge in [-0.15, -0.1) is 0 Å². The summed E-state index contributed by atoms with van der Waals surface area (Å²) in [6, 6.07) is 10.9. The maximum atomic E-state index is 11.4. The van der Waals surface area contributed by atoms with Gasteiger partial charge in [0.15, 0.2) is 5.69 Å². The van der Waals surface area contributed by atoms with Gasteiger partial charge in [0, 0.05) is 12.4 Å². The lowest BCUT2D eigenvalue weighted by Gasteiger charge is -1.99. The first-order chi connectivity index (χ1) is 9.25. The van der Waals surface area contributed by atoms with Crippen molar-refractivity contribution in [3.63, 3.8) is 0 Å². The largest absolute Gasteiger partial charge is 0.476 e. The lowest BCUT2D eigenvalue weighted by Crippen LogP contribution is -2.02. The van der Waals surface area contributed by atoms with Crippen LogP contribution in [0.25, 0.3) is 5.65 Å². The Balaban J connectivity index is 2.13. The second-order valence-electron chi connectivity index (χ2n) is 3.77. The van der Waals surface area contributed by atoms with Crippen LogP contribution in [-0.2, 0) is 0 Å². The summed E-state index contributed by atoms with van der Waals surface area (Å²) >= 11 is 1.24. The molecule has 3 rings (SSSR count). The Morgan fingerprint density at radius 3 is 2.79 bits per heavy atom. The quantitative estimate of drug-likeness (QED) is 0.793. The zero-order valence-electron chi connectivity index (χ0n) is 9.72. The number of rotatable bonds is 3. The van der Waals surface area contributed by atoms with Gasteiger partial charge in [-0.2, -0.15) is 0 Å². The summed E-state index contributed by atoms with van der Waals surface area (Å²) in [5, 5.41) is 10.5. The first-order valence-electron chi connectivity index (χ1n) is 5.55. The number of hydrogen-bond acceptors (Lipinski definition) is 4. The van der Waals surface area contributed by atoms with Crippen molar-refractivity contribution < 1.29 is 9.90 Å². The molecule has 0 fully saturated rings. The van der Waals surface area contributed by atoms with Gasteiger partial charge in [-0.25, -0.2) is 14.8 Å². The van der Waals surface area contributed by atoms with E-state index in [2.05, 4.69) is 9.97 Å². The number of aromatic nitrogens is 3. The average Bonchev–Trinajstić information content (AvgIpc) is 2.77.